The van der Waals surface area contributed by atoms with E-state index in [1.807, 2.05) is 30.3 Å². The van der Waals surface area contributed by atoms with Crippen LogP contribution in [0.15, 0.2) is 59.1 Å². The Labute approximate surface area is 190 Å². The van der Waals surface area contributed by atoms with Crippen molar-refractivity contribution >= 4 is 40.7 Å². The van der Waals surface area contributed by atoms with Crippen LogP contribution in [0.5, 0.6) is 0 Å². The van der Waals surface area contributed by atoms with Crippen LogP contribution in [0.4, 0.5) is 5.69 Å². The zero-order chi connectivity index (χ0) is 21.8. The van der Waals surface area contributed by atoms with Crippen LogP contribution >= 0.6 is 23.2 Å². The highest BCUT2D eigenvalue weighted by atomic mass is 35.5. The maximum absolute atomic E-state index is 12.8. The zero-order valence-corrected chi connectivity index (χ0v) is 18.2. The molecule has 1 aliphatic rings. The minimum Gasteiger partial charge on any atom is -0.441 e. The molecule has 31 heavy (non-hydrogen) atoms. The lowest BCUT2D eigenvalue weighted by Gasteiger charge is -2.24. The standard InChI is InChI=1S/C23H21Cl2N3O3/c24-16-11-17(25)13-18(12-16)27-23(30)19-7-4-10-28(19)22(29)9-8-21-26-14-20(31-21)15-5-2-1-3-6-15/h1-3,5-6,11-14,19H,4,7-10H2,(H,27,30). The second-order valence-corrected chi connectivity index (χ2v) is 8.25. The van der Waals surface area contributed by atoms with Crippen LogP contribution in [0.1, 0.15) is 25.2 Å². The van der Waals surface area contributed by atoms with E-state index in [0.29, 0.717) is 46.8 Å². The van der Waals surface area contributed by atoms with Crippen LogP contribution in [0.25, 0.3) is 11.3 Å². The van der Waals surface area contributed by atoms with Crippen molar-refractivity contribution in [3.8, 4) is 11.3 Å². The van der Waals surface area contributed by atoms with E-state index in [4.69, 9.17) is 27.6 Å². The number of aryl methyl sites for hydroxylation is 1. The first-order valence-corrected chi connectivity index (χ1v) is 10.8. The Bertz CT molecular complexity index is 1060. The summed E-state index contributed by atoms with van der Waals surface area (Å²) in [5.74, 6) is 0.829. The normalized spacial score (nSPS) is 15.8. The molecule has 0 spiro atoms. The van der Waals surface area contributed by atoms with Gasteiger partial charge in [-0.05, 0) is 31.0 Å². The summed E-state index contributed by atoms with van der Waals surface area (Å²) in [6, 6.07) is 14.0. The minimum absolute atomic E-state index is 0.0961. The second kappa shape index (κ2) is 9.54. The molecule has 8 heteroatoms. The van der Waals surface area contributed by atoms with E-state index >= 15 is 0 Å². The number of aromatic nitrogens is 1. The lowest BCUT2D eigenvalue weighted by atomic mass is 10.2. The molecule has 0 aliphatic carbocycles. The molecular formula is C23H21Cl2N3O3. The van der Waals surface area contributed by atoms with Crippen LogP contribution in [0.2, 0.25) is 10.0 Å². The van der Waals surface area contributed by atoms with Gasteiger partial charge in [-0.1, -0.05) is 53.5 Å². The van der Waals surface area contributed by atoms with Crippen molar-refractivity contribution in [3.63, 3.8) is 0 Å². The van der Waals surface area contributed by atoms with E-state index in [-0.39, 0.29) is 18.2 Å². The van der Waals surface area contributed by atoms with Gasteiger partial charge in [0, 0.05) is 40.7 Å². The van der Waals surface area contributed by atoms with Crippen molar-refractivity contribution in [1.82, 2.24) is 9.88 Å². The summed E-state index contributed by atoms with van der Waals surface area (Å²) in [7, 11) is 0. The number of nitrogens with one attached hydrogen (secondary N) is 1. The van der Waals surface area contributed by atoms with Crippen molar-refractivity contribution in [2.45, 2.75) is 31.7 Å². The van der Waals surface area contributed by atoms with E-state index in [0.717, 1.165) is 12.0 Å². The van der Waals surface area contributed by atoms with Crippen molar-refractivity contribution in [3.05, 3.63) is 70.7 Å². The molecule has 1 N–H and O–H groups in total. The molecule has 0 saturated carbocycles. The molecule has 160 valence electrons. The van der Waals surface area contributed by atoms with Crippen molar-refractivity contribution in [2.75, 3.05) is 11.9 Å². The molecule has 0 radical (unpaired) electrons. The summed E-state index contributed by atoms with van der Waals surface area (Å²) < 4.78 is 5.77. The van der Waals surface area contributed by atoms with Gasteiger partial charge in [0.25, 0.3) is 0 Å². The lowest BCUT2D eigenvalue weighted by Crippen LogP contribution is -2.43. The summed E-state index contributed by atoms with van der Waals surface area (Å²) >= 11 is 12.0. The van der Waals surface area contributed by atoms with E-state index in [2.05, 4.69) is 10.3 Å². The van der Waals surface area contributed by atoms with Gasteiger partial charge in [-0.25, -0.2) is 4.98 Å². The summed E-state index contributed by atoms with van der Waals surface area (Å²) in [4.78, 5) is 31.5. The van der Waals surface area contributed by atoms with E-state index in [1.54, 1.807) is 29.3 Å². The number of rotatable bonds is 6. The molecule has 2 heterocycles. The Kier molecular flexibility index (Phi) is 6.59. The SMILES string of the molecule is O=C(Nc1cc(Cl)cc(Cl)c1)C1CCCN1C(=O)CCc1ncc(-c2ccccc2)o1. The highest BCUT2D eigenvalue weighted by Crippen LogP contribution is 2.25. The fraction of sp³-hybridized carbons (Fsp3) is 0.261. The molecule has 1 saturated heterocycles. The number of carbonyl (C=O) groups is 2. The van der Waals surface area contributed by atoms with E-state index in [9.17, 15) is 9.59 Å². The number of likely N-dealkylation sites (tertiary alicyclic amines) is 1. The summed E-state index contributed by atoms with van der Waals surface area (Å²) in [6.07, 6.45) is 3.65. The molecule has 4 rings (SSSR count). The van der Waals surface area contributed by atoms with Crippen LogP contribution in [0, 0.1) is 0 Å². The smallest absolute Gasteiger partial charge is 0.247 e. The molecule has 1 aliphatic heterocycles. The molecule has 1 fully saturated rings. The summed E-state index contributed by atoms with van der Waals surface area (Å²) in [5, 5.41) is 3.68. The van der Waals surface area contributed by atoms with Gasteiger partial charge in [0.15, 0.2) is 11.7 Å². The number of nitrogens with zero attached hydrogens (tertiary/aromatic N) is 2. The third-order valence-electron chi connectivity index (χ3n) is 5.17. The molecule has 1 atom stereocenters. The van der Waals surface area contributed by atoms with Gasteiger partial charge in [-0.2, -0.15) is 0 Å². The van der Waals surface area contributed by atoms with E-state index in [1.165, 1.54) is 0 Å². The van der Waals surface area contributed by atoms with Crippen LogP contribution in [-0.4, -0.2) is 34.3 Å². The fourth-order valence-electron chi connectivity index (χ4n) is 3.71. The first kappa shape index (κ1) is 21.4. The van der Waals surface area contributed by atoms with Crippen LogP contribution in [-0.2, 0) is 16.0 Å². The highest BCUT2D eigenvalue weighted by molar-refractivity contribution is 6.35. The summed E-state index contributed by atoms with van der Waals surface area (Å²) in [5.41, 5.74) is 1.44. The molecule has 3 aromatic rings. The number of hydrogen-bond acceptors (Lipinski definition) is 4. The van der Waals surface area contributed by atoms with Crippen LogP contribution < -0.4 is 5.32 Å². The summed E-state index contributed by atoms with van der Waals surface area (Å²) in [6.45, 7) is 0.550. The number of oxazole rings is 1. The minimum atomic E-state index is -0.519. The molecule has 2 aromatic carbocycles. The predicted molar refractivity (Wildman–Crippen MR) is 120 cm³/mol. The molecular weight excluding hydrogens is 437 g/mol. The van der Waals surface area contributed by atoms with Gasteiger partial charge in [0.2, 0.25) is 11.8 Å². The lowest BCUT2D eigenvalue weighted by molar-refractivity contribution is -0.136. The molecule has 2 amide bonds. The molecule has 6 nitrogen and oxygen atoms in total. The molecule has 0 bridgehead atoms. The van der Waals surface area contributed by atoms with Gasteiger partial charge in [-0.3, -0.25) is 9.59 Å². The first-order valence-electron chi connectivity index (χ1n) is 10.1. The predicted octanol–water partition coefficient (Wildman–Crippen LogP) is 5.21. The maximum Gasteiger partial charge on any atom is 0.247 e. The van der Waals surface area contributed by atoms with Crippen molar-refractivity contribution < 1.29 is 14.0 Å². The van der Waals surface area contributed by atoms with Gasteiger partial charge in [0.1, 0.15) is 6.04 Å². The fourth-order valence-corrected chi connectivity index (χ4v) is 4.23. The van der Waals surface area contributed by atoms with E-state index < -0.39 is 6.04 Å². The van der Waals surface area contributed by atoms with Crippen LogP contribution in [0.3, 0.4) is 0 Å². The average molecular weight is 458 g/mol. The van der Waals surface area contributed by atoms with Gasteiger partial charge >= 0.3 is 0 Å². The number of benzene rings is 2. The first-order chi connectivity index (χ1) is 15.0. The maximum atomic E-state index is 12.8. The number of carbonyl (C=O) groups excluding carboxylic acids is 2. The largest absolute Gasteiger partial charge is 0.441 e. The Balaban J connectivity index is 1.35. The van der Waals surface area contributed by atoms with Crippen molar-refractivity contribution in [2.24, 2.45) is 0 Å². The third kappa shape index (κ3) is 5.27. The Morgan fingerprint density at radius 2 is 1.87 bits per heavy atom. The Hall–Kier alpha value is -2.83. The second-order valence-electron chi connectivity index (χ2n) is 7.38. The number of amides is 2. The monoisotopic (exact) mass is 457 g/mol. The van der Waals surface area contributed by atoms with Gasteiger partial charge in [0.05, 0.1) is 6.20 Å². The Morgan fingerprint density at radius 1 is 1.13 bits per heavy atom. The van der Waals surface area contributed by atoms with Gasteiger partial charge < -0.3 is 14.6 Å². The number of halogens is 2. The highest BCUT2D eigenvalue weighted by Gasteiger charge is 2.34. The topological polar surface area (TPSA) is 75.4 Å². The Morgan fingerprint density at radius 3 is 2.61 bits per heavy atom. The van der Waals surface area contributed by atoms with Crippen molar-refractivity contribution in [1.29, 1.82) is 0 Å². The van der Waals surface area contributed by atoms with Gasteiger partial charge in [-0.15, -0.1) is 0 Å². The quantitative estimate of drug-likeness (QED) is 0.550. The third-order valence-corrected chi connectivity index (χ3v) is 5.61. The number of hydrogen-bond donors (Lipinski definition) is 1. The molecule has 1 unspecified atom stereocenters. The average Bonchev–Trinajstić information content (AvgIpc) is 3.42. The number of anilines is 1. The zero-order valence-electron chi connectivity index (χ0n) is 16.7. The molecule has 1 aromatic heterocycles.